The highest BCUT2D eigenvalue weighted by Gasteiger charge is 2.17. The van der Waals surface area contributed by atoms with Crippen LogP contribution in [-0.2, 0) is 17.9 Å². The molecule has 0 saturated heterocycles. The van der Waals surface area contributed by atoms with Crippen molar-refractivity contribution in [2.75, 3.05) is 0 Å². The maximum Gasteiger partial charge on any atom is 0.309 e. The molecule has 0 aliphatic carbocycles. The fraction of sp³-hybridized carbons (Fsp3) is 0.500. The van der Waals surface area contributed by atoms with Gasteiger partial charge < -0.3 is 5.32 Å². The lowest BCUT2D eigenvalue weighted by atomic mass is 10.2. The number of amides is 1. The molecule has 9 heteroatoms. The van der Waals surface area contributed by atoms with Crippen molar-refractivity contribution in [2.45, 2.75) is 46.3 Å². The van der Waals surface area contributed by atoms with Gasteiger partial charge in [-0.15, -0.1) is 0 Å². The highest BCUT2D eigenvalue weighted by molar-refractivity contribution is 5.76. The van der Waals surface area contributed by atoms with E-state index in [9.17, 15) is 14.9 Å². The summed E-state index contributed by atoms with van der Waals surface area (Å²) in [4.78, 5) is 22.3. The van der Waals surface area contributed by atoms with Gasteiger partial charge in [-0.2, -0.15) is 10.2 Å². The van der Waals surface area contributed by atoms with E-state index in [-0.39, 0.29) is 24.1 Å². The molecule has 0 aliphatic heterocycles. The Kier molecular flexibility index (Phi) is 5.09. The molecule has 0 aromatic carbocycles. The smallest absolute Gasteiger partial charge is 0.309 e. The van der Waals surface area contributed by atoms with Crippen LogP contribution in [0.2, 0.25) is 0 Å². The molecule has 0 saturated carbocycles. The molecule has 1 amide bonds. The average molecular weight is 320 g/mol. The third-order valence-electron chi connectivity index (χ3n) is 3.63. The second kappa shape index (κ2) is 7.03. The Morgan fingerprint density at radius 3 is 2.83 bits per heavy atom. The van der Waals surface area contributed by atoms with Gasteiger partial charge in [0.25, 0.3) is 0 Å². The summed E-state index contributed by atoms with van der Waals surface area (Å²) in [6.07, 6.45) is 3.26. The first-order valence-corrected chi connectivity index (χ1v) is 7.41. The van der Waals surface area contributed by atoms with Gasteiger partial charge in [0.15, 0.2) is 0 Å². The number of nitrogens with one attached hydrogen (secondary N) is 1. The van der Waals surface area contributed by atoms with Gasteiger partial charge >= 0.3 is 5.69 Å². The number of carbonyl (C=O) groups is 1. The van der Waals surface area contributed by atoms with Crippen molar-refractivity contribution in [1.82, 2.24) is 24.9 Å². The van der Waals surface area contributed by atoms with Gasteiger partial charge in [-0.25, -0.2) is 0 Å². The largest absolute Gasteiger partial charge is 0.348 e. The SMILES string of the molecule is CCn1ccc([C@H](C)NC(=O)CCn2ncc([N+](=O)[O-])c2C)n1. The standard InChI is InChI=1S/C14H20N6O3/c1-4-18-7-5-12(17-18)10(2)16-14(21)6-8-19-11(3)13(9-15-19)20(22)23/h5,7,9-10H,4,6,8H2,1-3H3,(H,16,21)/t10-/m0/s1. The Labute approximate surface area is 133 Å². The first-order valence-electron chi connectivity index (χ1n) is 7.41. The molecule has 2 heterocycles. The van der Waals surface area contributed by atoms with E-state index in [0.717, 1.165) is 12.2 Å². The molecule has 0 aliphatic rings. The van der Waals surface area contributed by atoms with Gasteiger partial charge in [-0.3, -0.25) is 24.3 Å². The normalized spacial score (nSPS) is 12.1. The zero-order valence-electron chi connectivity index (χ0n) is 13.4. The number of rotatable bonds is 7. The van der Waals surface area contributed by atoms with Crippen LogP contribution in [0.5, 0.6) is 0 Å². The minimum atomic E-state index is -0.481. The van der Waals surface area contributed by atoms with E-state index >= 15 is 0 Å². The third kappa shape index (κ3) is 3.93. The predicted octanol–water partition coefficient (Wildman–Crippen LogP) is 1.58. The quantitative estimate of drug-likeness (QED) is 0.615. The number of nitrogens with zero attached hydrogens (tertiary/aromatic N) is 5. The van der Waals surface area contributed by atoms with Crippen LogP contribution in [0.3, 0.4) is 0 Å². The summed E-state index contributed by atoms with van der Waals surface area (Å²) < 4.78 is 3.26. The topological polar surface area (TPSA) is 108 Å². The Morgan fingerprint density at radius 1 is 1.52 bits per heavy atom. The van der Waals surface area contributed by atoms with E-state index < -0.39 is 4.92 Å². The Hall–Kier alpha value is -2.71. The molecule has 124 valence electrons. The predicted molar refractivity (Wildman–Crippen MR) is 82.7 cm³/mol. The molecule has 0 radical (unpaired) electrons. The monoisotopic (exact) mass is 320 g/mol. The van der Waals surface area contributed by atoms with Crippen molar-refractivity contribution >= 4 is 11.6 Å². The van der Waals surface area contributed by atoms with Crippen LogP contribution in [0.25, 0.3) is 0 Å². The van der Waals surface area contributed by atoms with E-state index in [4.69, 9.17) is 0 Å². The van der Waals surface area contributed by atoms with Crippen molar-refractivity contribution in [3.05, 3.63) is 40.0 Å². The molecular weight excluding hydrogens is 300 g/mol. The van der Waals surface area contributed by atoms with Crippen molar-refractivity contribution < 1.29 is 9.72 Å². The molecule has 23 heavy (non-hydrogen) atoms. The summed E-state index contributed by atoms with van der Waals surface area (Å²) in [6, 6.07) is 1.68. The van der Waals surface area contributed by atoms with E-state index in [1.807, 2.05) is 26.1 Å². The van der Waals surface area contributed by atoms with Gasteiger partial charge in [-0.05, 0) is 26.8 Å². The maximum absolute atomic E-state index is 12.0. The molecule has 0 unspecified atom stereocenters. The minimum absolute atomic E-state index is 0.0381. The summed E-state index contributed by atoms with van der Waals surface area (Å²) >= 11 is 0. The molecule has 2 aromatic heterocycles. The molecule has 0 fully saturated rings. The lowest BCUT2D eigenvalue weighted by Crippen LogP contribution is -2.28. The van der Waals surface area contributed by atoms with Crippen molar-refractivity contribution in [3.63, 3.8) is 0 Å². The third-order valence-corrected chi connectivity index (χ3v) is 3.63. The minimum Gasteiger partial charge on any atom is -0.348 e. The van der Waals surface area contributed by atoms with Crippen LogP contribution >= 0.6 is 0 Å². The lowest BCUT2D eigenvalue weighted by molar-refractivity contribution is -0.385. The van der Waals surface area contributed by atoms with Crippen molar-refractivity contribution in [3.8, 4) is 0 Å². The molecular formula is C14H20N6O3. The number of nitro groups is 1. The number of hydrogen-bond donors (Lipinski definition) is 1. The van der Waals surface area contributed by atoms with Crippen LogP contribution in [0.4, 0.5) is 5.69 Å². The number of hydrogen-bond acceptors (Lipinski definition) is 5. The summed E-state index contributed by atoms with van der Waals surface area (Å²) in [7, 11) is 0. The van der Waals surface area contributed by atoms with E-state index in [1.54, 1.807) is 11.6 Å². The van der Waals surface area contributed by atoms with Crippen LogP contribution in [0.15, 0.2) is 18.5 Å². The van der Waals surface area contributed by atoms with Gasteiger partial charge in [0, 0.05) is 19.2 Å². The zero-order valence-corrected chi connectivity index (χ0v) is 13.4. The molecule has 1 atom stereocenters. The molecule has 0 bridgehead atoms. The van der Waals surface area contributed by atoms with E-state index in [0.29, 0.717) is 12.2 Å². The first-order chi connectivity index (χ1) is 10.9. The molecule has 2 rings (SSSR count). The maximum atomic E-state index is 12.0. The van der Waals surface area contributed by atoms with E-state index in [2.05, 4.69) is 15.5 Å². The van der Waals surface area contributed by atoms with E-state index in [1.165, 1.54) is 10.9 Å². The molecule has 9 nitrogen and oxygen atoms in total. The summed E-state index contributed by atoms with van der Waals surface area (Å²) in [6.45, 7) is 6.54. The van der Waals surface area contributed by atoms with Gasteiger partial charge in [0.1, 0.15) is 11.9 Å². The van der Waals surface area contributed by atoms with Crippen LogP contribution in [-0.4, -0.2) is 30.4 Å². The van der Waals surface area contributed by atoms with Gasteiger partial charge in [0.2, 0.25) is 5.91 Å². The summed E-state index contributed by atoms with van der Waals surface area (Å²) in [5.74, 6) is -0.152. The Bertz CT molecular complexity index is 705. The van der Waals surface area contributed by atoms with Crippen molar-refractivity contribution in [2.24, 2.45) is 0 Å². The summed E-state index contributed by atoms with van der Waals surface area (Å²) in [5.41, 5.74) is 1.20. The van der Waals surface area contributed by atoms with Crippen LogP contribution < -0.4 is 5.32 Å². The lowest BCUT2D eigenvalue weighted by Gasteiger charge is -2.12. The second-order valence-electron chi connectivity index (χ2n) is 5.23. The highest BCUT2D eigenvalue weighted by atomic mass is 16.6. The zero-order chi connectivity index (χ0) is 17.0. The fourth-order valence-corrected chi connectivity index (χ4v) is 2.22. The number of aryl methyl sites for hydroxylation is 2. The second-order valence-corrected chi connectivity index (χ2v) is 5.23. The molecule has 0 spiro atoms. The van der Waals surface area contributed by atoms with Gasteiger partial charge in [-0.1, -0.05) is 0 Å². The average Bonchev–Trinajstić information content (AvgIpc) is 3.11. The molecule has 2 aromatic rings. The summed E-state index contributed by atoms with van der Waals surface area (Å²) in [5, 5.41) is 21.9. The van der Waals surface area contributed by atoms with Crippen molar-refractivity contribution in [1.29, 1.82) is 0 Å². The van der Waals surface area contributed by atoms with Crippen LogP contribution in [0.1, 0.15) is 37.7 Å². The Balaban J connectivity index is 1.88. The fourth-order valence-electron chi connectivity index (χ4n) is 2.22. The first kappa shape index (κ1) is 16.7. The number of aromatic nitrogens is 4. The Morgan fingerprint density at radius 2 is 2.26 bits per heavy atom. The highest BCUT2D eigenvalue weighted by Crippen LogP contribution is 2.16. The van der Waals surface area contributed by atoms with Gasteiger partial charge in [0.05, 0.1) is 23.2 Å². The number of carbonyl (C=O) groups excluding carboxylic acids is 1. The molecule has 1 N–H and O–H groups in total. The van der Waals surface area contributed by atoms with Crippen LogP contribution in [0, 0.1) is 17.0 Å².